The fraction of sp³-hybridized carbons (Fsp3) is 0.211. The molecule has 128 valence electrons. The topological polar surface area (TPSA) is 49.9 Å². The Morgan fingerprint density at radius 2 is 1.96 bits per heavy atom. The lowest BCUT2D eigenvalue weighted by molar-refractivity contribution is 0.408. The molecule has 0 spiro atoms. The van der Waals surface area contributed by atoms with Crippen molar-refractivity contribution in [3.05, 3.63) is 53.9 Å². The minimum Gasteiger partial charge on any atom is -0.496 e. The standard InChI is InChI=1S/C19H17F2N3O/c1-25-18-10-16(21)15(20)8-13(18)12-4-7-23-19-14(12)9-17(24-19)11-2-5-22-6-3-11/h2,4,7-10,22H,3,5-6H2,1H3,(H,23,24). The van der Waals surface area contributed by atoms with Gasteiger partial charge in [-0.1, -0.05) is 6.08 Å². The smallest absolute Gasteiger partial charge is 0.162 e. The van der Waals surface area contributed by atoms with Gasteiger partial charge in [-0.15, -0.1) is 0 Å². The highest BCUT2D eigenvalue weighted by atomic mass is 19.2. The molecule has 1 aromatic carbocycles. The van der Waals surface area contributed by atoms with Gasteiger partial charge in [-0.3, -0.25) is 0 Å². The maximum absolute atomic E-state index is 13.8. The molecule has 0 atom stereocenters. The molecule has 3 aromatic rings. The number of fused-ring (bicyclic) bond motifs is 1. The van der Waals surface area contributed by atoms with Gasteiger partial charge in [0.1, 0.15) is 11.4 Å². The third-order valence-corrected chi connectivity index (χ3v) is 4.47. The number of pyridine rings is 1. The van der Waals surface area contributed by atoms with E-state index in [2.05, 4.69) is 21.4 Å². The van der Waals surface area contributed by atoms with Gasteiger partial charge in [-0.25, -0.2) is 13.8 Å². The molecule has 0 bridgehead atoms. The van der Waals surface area contributed by atoms with Gasteiger partial charge in [-0.05, 0) is 42.3 Å². The fourth-order valence-electron chi connectivity index (χ4n) is 3.21. The summed E-state index contributed by atoms with van der Waals surface area (Å²) in [5.74, 6) is -1.55. The van der Waals surface area contributed by atoms with Gasteiger partial charge in [0.05, 0.1) is 7.11 Å². The molecular formula is C19H17F2N3O. The number of rotatable bonds is 3. The van der Waals surface area contributed by atoms with Gasteiger partial charge in [0.2, 0.25) is 0 Å². The van der Waals surface area contributed by atoms with E-state index in [1.807, 2.05) is 6.07 Å². The summed E-state index contributed by atoms with van der Waals surface area (Å²) >= 11 is 0. The Morgan fingerprint density at radius 1 is 1.12 bits per heavy atom. The Labute approximate surface area is 143 Å². The first-order valence-corrected chi connectivity index (χ1v) is 8.08. The van der Waals surface area contributed by atoms with Crippen molar-refractivity contribution in [3.63, 3.8) is 0 Å². The van der Waals surface area contributed by atoms with Crippen molar-refractivity contribution in [2.75, 3.05) is 20.2 Å². The second kappa shape index (κ2) is 6.29. The number of hydrogen-bond donors (Lipinski definition) is 2. The number of H-pyrrole nitrogens is 1. The van der Waals surface area contributed by atoms with Crippen molar-refractivity contribution >= 4 is 16.6 Å². The van der Waals surface area contributed by atoms with Gasteiger partial charge in [0, 0.05) is 35.5 Å². The summed E-state index contributed by atoms with van der Waals surface area (Å²) in [5, 5.41) is 4.13. The van der Waals surface area contributed by atoms with E-state index in [1.54, 1.807) is 12.3 Å². The molecule has 0 fully saturated rings. The Kier molecular flexibility index (Phi) is 3.97. The zero-order valence-electron chi connectivity index (χ0n) is 13.7. The van der Waals surface area contributed by atoms with Crippen molar-refractivity contribution in [2.24, 2.45) is 0 Å². The number of hydrogen-bond acceptors (Lipinski definition) is 3. The SMILES string of the molecule is COc1cc(F)c(F)cc1-c1ccnc2[nH]c(C3=CCNCC3)cc12. The molecule has 2 aromatic heterocycles. The highest BCUT2D eigenvalue weighted by molar-refractivity contribution is 5.96. The zero-order chi connectivity index (χ0) is 17.4. The predicted molar refractivity (Wildman–Crippen MR) is 93.5 cm³/mol. The molecular weight excluding hydrogens is 324 g/mol. The Hall–Kier alpha value is -2.73. The normalized spacial score (nSPS) is 14.6. The lowest BCUT2D eigenvalue weighted by Crippen LogP contribution is -2.20. The predicted octanol–water partition coefficient (Wildman–Crippen LogP) is 3.89. The molecule has 1 aliphatic rings. The second-order valence-electron chi connectivity index (χ2n) is 5.95. The summed E-state index contributed by atoms with van der Waals surface area (Å²) in [6.07, 6.45) is 4.72. The minimum atomic E-state index is -0.930. The largest absolute Gasteiger partial charge is 0.496 e. The van der Waals surface area contributed by atoms with Crippen LogP contribution in [0.15, 0.2) is 36.5 Å². The first kappa shape index (κ1) is 15.8. The lowest BCUT2D eigenvalue weighted by atomic mass is 10.0. The van der Waals surface area contributed by atoms with Gasteiger partial charge >= 0.3 is 0 Å². The zero-order valence-corrected chi connectivity index (χ0v) is 13.7. The molecule has 0 amide bonds. The van der Waals surface area contributed by atoms with Crippen LogP contribution in [-0.2, 0) is 0 Å². The number of benzene rings is 1. The van der Waals surface area contributed by atoms with Crippen LogP contribution in [-0.4, -0.2) is 30.2 Å². The maximum atomic E-state index is 13.8. The third kappa shape index (κ3) is 2.78. The van der Waals surface area contributed by atoms with Crippen molar-refractivity contribution in [1.82, 2.24) is 15.3 Å². The summed E-state index contributed by atoms with van der Waals surface area (Å²) in [4.78, 5) is 7.69. The van der Waals surface area contributed by atoms with Crippen LogP contribution < -0.4 is 10.1 Å². The van der Waals surface area contributed by atoms with E-state index in [1.165, 1.54) is 18.7 Å². The molecule has 0 saturated heterocycles. The van der Waals surface area contributed by atoms with Crippen LogP contribution in [0.25, 0.3) is 27.7 Å². The Morgan fingerprint density at radius 3 is 2.72 bits per heavy atom. The molecule has 6 heteroatoms. The van der Waals surface area contributed by atoms with E-state index in [0.29, 0.717) is 11.2 Å². The molecule has 4 rings (SSSR count). The van der Waals surface area contributed by atoms with Crippen LogP contribution in [0.4, 0.5) is 8.78 Å². The molecule has 0 unspecified atom stereocenters. The summed E-state index contributed by atoms with van der Waals surface area (Å²) in [5.41, 5.74) is 4.17. The van der Waals surface area contributed by atoms with E-state index in [4.69, 9.17) is 4.74 Å². The summed E-state index contributed by atoms with van der Waals surface area (Å²) < 4.78 is 32.6. The average Bonchev–Trinajstić information content (AvgIpc) is 3.08. The van der Waals surface area contributed by atoms with Crippen molar-refractivity contribution in [3.8, 4) is 16.9 Å². The van der Waals surface area contributed by atoms with Crippen LogP contribution >= 0.6 is 0 Å². The number of aromatic amines is 1. The molecule has 1 aliphatic heterocycles. The quantitative estimate of drug-likeness (QED) is 0.760. The first-order chi connectivity index (χ1) is 12.2. The van der Waals surface area contributed by atoms with Crippen molar-refractivity contribution < 1.29 is 13.5 Å². The van der Waals surface area contributed by atoms with Gasteiger partial charge in [-0.2, -0.15) is 0 Å². The summed E-state index contributed by atoms with van der Waals surface area (Å²) in [6, 6.07) is 6.03. The molecule has 4 nitrogen and oxygen atoms in total. The summed E-state index contributed by atoms with van der Waals surface area (Å²) in [6.45, 7) is 1.76. The van der Waals surface area contributed by atoms with Crippen LogP contribution in [0, 0.1) is 11.6 Å². The molecule has 25 heavy (non-hydrogen) atoms. The van der Waals surface area contributed by atoms with Crippen LogP contribution in [0.2, 0.25) is 0 Å². The molecule has 2 N–H and O–H groups in total. The average molecular weight is 341 g/mol. The van der Waals surface area contributed by atoms with Gasteiger partial charge < -0.3 is 15.0 Å². The third-order valence-electron chi connectivity index (χ3n) is 4.47. The molecule has 0 aliphatic carbocycles. The fourth-order valence-corrected chi connectivity index (χ4v) is 3.21. The molecule has 3 heterocycles. The van der Waals surface area contributed by atoms with Gasteiger partial charge in [0.25, 0.3) is 0 Å². The Balaban J connectivity index is 1.90. The number of ether oxygens (including phenoxy) is 1. The van der Waals surface area contributed by atoms with E-state index < -0.39 is 11.6 Å². The number of halogens is 2. The summed E-state index contributed by atoms with van der Waals surface area (Å²) in [7, 11) is 1.44. The van der Waals surface area contributed by atoms with Crippen LogP contribution in [0.3, 0.4) is 0 Å². The van der Waals surface area contributed by atoms with E-state index >= 15 is 0 Å². The van der Waals surface area contributed by atoms with Crippen LogP contribution in [0.1, 0.15) is 12.1 Å². The van der Waals surface area contributed by atoms with Gasteiger partial charge in [0.15, 0.2) is 11.6 Å². The van der Waals surface area contributed by atoms with E-state index in [-0.39, 0.29) is 5.75 Å². The molecule has 0 radical (unpaired) electrons. The van der Waals surface area contributed by atoms with Crippen molar-refractivity contribution in [2.45, 2.75) is 6.42 Å². The Bertz CT molecular complexity index is 978. The van der Waals surface area contributed by atoms with E-state index in [9.17, 15) is 8.78 Å². The number of methoxy groups -OCH3 is 1. The molecule has 0 saturated carbocycles. The lowest BCUT2D eigenvalue weighted by Gasteiger charge is -2.12. The highest BCUT2D eigenvalue weighted by Gasteiger charge is 2.17. The number of aromatic nitrogens is 2. The number of nitrogens with one attached hydrogen (secondary N) is 2. The minimum absolute atomic E-state index is 0.287. The monoisotopic (exact) mass is 341 g/mol. The van der Waals surface area contributed by atoms with Crippen molar-refractivity contribution in [1.29, 1.82) is 0 Å². The van der Waals surface area contributed by atoms with E-state index in [0.717, 1.165) is 42.2 Å². The maximum Gasteiger partial charge on any atom is 0.162 e. The second-order valence-corrected chi connectivity index (χ2v) is 5.95. The highest BCUT2D eigenvalue weighted by Crippen LogP contribution is 2.37. The number of nitrogens with zero attached hydrogens (tertiary/aromatic N) is 1. The van der Waals surface area contributed by atoms with Crippen LogP contribution in [0.5, 0.6) is 5.75 Å². The first-order valence-electron chi connectivity index (χ1n) is 8.08.